The molecule has 0 saturated carbocycles. The van der Waals surface area contributed by atoms with Crippen molar-refractivity contribution >= 4 is 0 Å². The minimum Gasteiger partial charge on any atom is -0.299 e. The topological polar surface area (TPSA) is 3.24 Å². The Morgan fingerprint density at radius 2 is 1.53 bits per heavy atom. The SMILES string of the molecule is CC(CN1CCCCC1)=C(C)C(C)(C)C. The molecule has 15 heavy (non-hydrogen) atoms. The maximum Gasteiger partial charge on any atom is 0.0192 e. The number of hydrogen-bond donors (Lipinski definition) is 0. The number of piperidine rings is 1. The molecule has 0 aliphatic carbocycles. The molecule has 0 aromatic rings. The highest BCUT2D eigenvalue weighted by Gasteiger charge is 2.17. The zero-order valence-corrected chi connectivity index (χ0v) is 11.2. The molecule has 0 radical (unpaired) electrons. The van der Waals surface area contributed by atoms with Gasteiger partial charge in [0.15, 0.2) is 0 Å². The highest BCUT2D eigenvalue weighted by molar-refractivity contribution is 5.17. The van der Waals surface area contributed by atoms with E-state index < -0.39 is 0 Å². The molecule has 1 heteroatoms. The summed E-state index contributed by atoms with van der Waals surface area (Å²) in [5.74, 6) is 0. The molecule has 1 fully saturated rings. The van der Waals surface area contributed by atoms with Gasteiger partial charge in [0.25, 0.3) is 0 Å². The lowest BCUT2D eigenvalue weighted by Gasteiger charge is -2.29. The fourth-order valence-corrected chi connectivity index (χ4v) is 2.21. The summed E-state index contributed by atoms with van der Waals surface area (Å²) in [5, 5.41) is 0. The van der Waals surface area contributed by atoms with Crippen molar-refractivity contribution in [2.24, 2.45) is 5.41 Å². The van der Waals surface area contributed by atoms with E-state index >= 15 is 0 Å². The molecule has 0 spiro atoms. The van der Waals surface area contributed by atoms with Crippen molar-refractivity contribution in [3.63, 3.8) is 0 Å². The third-order valence-electron chi connectivity index (χ3n) is 3.67. The van der Waals surface area contributed by atoms with Crippen LogP contribution in [0.1, 0.15) is 53.9 Å². The molecular weight excluding hydrogens is 182 g/mol. The van der Waals surface area contributed by atoms with Gasteiger partial charge in [0.1, 0.15) is 0 Å². The zero-order valence-electron chi connectivity index (χ0n) is 11.2. The van der Waals surface area contributed by atoms with Gasteiger partial charge in [-0.25, -0.2) is 0 Å². The van der Waals surface area contributed by atoms with Crippen LogP contribution in [0.3, 0.4) is 0 Å². The van der Waals surface area contributed by atoms with Gasteiger partial charge in [-0.1, -0.05) is 38.3 Å². The molecule has 88 valence electrons. The Kier molecular flexibility index (Phi) is 4.39. The van der Waals surface area contributed by atoms with E-state index in [-0.39, 0.29) is 0 Å². The van der Waals surface area contributed by atoms with Crippen LogP contribution in [-0.4, -0.2) is 24.5 Å². The predicted octanol–water partition coefficient (Wildman–Crippen LogP) is 3.85. The Morgan fingerprint density at radius 1 is 1.00 bits per heavy atom. The number of hydrogen-bond acceptors (Lipinski definition) is 1. The largest absolute Gasteiger partial charge is 0.299 e. The molecule has 1 aliphatic rings. The number of allylic oxidation sites excluding steroid dienone is 1. The van der Waals surface area contributed by atoms with Gasteiger partial charge in [0, 0.05) is 6.54 Å². The van der Waals surface area contributed by atoms with Crippen LogP contribution in [0.5, 0.6) is 0 Å². The average Bonchev–Trinajstić information content (AvgIpc) is 2.16. The van der Waals surface area contributed by atoms with Crippen LogP contribution in [0.2, 0.25) is 0 Å². The fraction of sp³-hybridized carbons (Fsp3) is 0.857. The molecule has 0 amide bonds. The van der Waals surface area contributed by atoms with Gasteiger partial charge < -0.3 is 0 Å². The summed E-state index contributed by atoms with van der Waals surface area (Å²) in [6.07, 6.45) is 4.21. The Morgan fingerprint density at radius 3 is 2.00 bits per heavy atom. The normalized spacial score (nSPS) is 21.4. The van der Waals surface area contributed by atoms with Crippen molar-refractivity contribution in [3.05, 3.63) is 11.1 Å². The van der Waals surface area contributed by atoms with E-state index in [1.165, 1.54) is 38.9 Å². The van der Waals surface area contributed by atoms with Gasteiger partial charge in [-0.3, -0.25) is 4.90 Å². The fourth-order valence-electron chi connectivity index (χ4n) is 2.21. The third-order valence-corrected chi connectivity index (χ3v) is 3.67. The molecule has 0 unspecified atom stereocenters. The summed E-state index contributed by atoms with van der Waals surface area (Å²) < 4.78 is 0. The molecule has 0 aromatic carbocycles. The van der Waals surface area contributed by atoms with E-state index in [1.807, 2.05) is 0 Å². The highest BCUT2D eigenvalue weighted by atomic mass is 15.1. The molecule has 1 aliphatic heterocycles. The van der Waals surface area contributed by atoms with Crippen molar-refractivity contribution in [2.45, 2.75) is 53.9 Å². The Hall–Kier alpha value is -0.300. The van der Waals surface area contributed by atoms with E-state index in [9.17, 15) is 0 Å². The number of likely N-dealkylation sites (tertiary alicyclic amines) is 1. The van der Waals surface area contributed by atoms with Gasteiger partial charge in [-0.15, -0.1) is 0 Å². The molecule has 1 heterocycles. The van der Waals surface area contributed by atoms with Gasteiger partial charge in [-0.05, 0) is 45.2 Å². The van der Waals surface area contributed by atoms with Crippen molar-refractivity contribution in [1.82, 2.24) is 4.90 Å². The van der Waals surface area contributed by atoms with Crippen molar-refractivity contribution in [2.75, 3.05) is 19.6 Å². The van der Waals surface area contributed by atoms with Crippen LogP contribution >= 0.6 is 0 Å². The van der Waals surface area contributed by atoms with Gasteiger partial charge in [0.05, 0.1) is 0 Å². The lowest BCUT2D eigenvalue weighted by atomic mass is 9.84. The smallest absolute Gasteiger partial charge is 0.0192 e. The first-order valence-corrected chi connectivity index (χ1v) is 6.30. The average molecular weight is 209 g/mol. The summed E-state index contributed by atoms with van der Waals surface area (Å²) in [6.45, 7) is 15.3. The first-order valence-electron chi connectivity index (χ1n) is 6.30. The Labute approximate surface area is 95.5 Å². The van der Waals surface area contributed by atoms with E-state index in [0.717, 1.165) is 0 Å². The van der Waals surface area contributed by atoms with Crippen LogP contribution < -0.4 is 0 Å². The summed E-state index contributed by atoms with van der Waals surface area (Å²) in [5.41, 5.74) is 3.47. The molecular formula is C14H27N. The summed E-state index contributed by atoms with van der Waals surface area (Å²) >= 11 is 0. The number of rotatable bonds is 2. The molecule has 0 aromatic heterocycles. The summed E-state index contributed by atoms with van der Waals surface area (Å²) in [4.78, 5) is 2.61. The van der Waals surface area contributed by atoms with Gasteiger partial charge in [0.2, 0.25) is 0 Å². The Bertz CT molecular complexity index is 226. The monoisotopic (exact) mass is 209 g/mol. The molecule has 1 saturated heterocycles. The second-order valence-corrected chi connectivity index (χ2v) is 5.99. The predicted molar refractivity (Wildman–Crippen MR) is 68.1 cm³/mol. The van der Waals surface area contributed by atoms with Crippen LogP contribution in [0.25, 0.3) is 0 Å². The highest BCUT2D eigenvalue weighted by Crippen LogP contribution is 2.27. The van der Waals surface area contributed by atoms with Crippen LogP contribution in [0, 0.1) is 5.41 Å². The number of nitrogens with zero attached hydrogens (tertiary/aromatic N) is 1. The quantitative estimate of drug-likeness (QED) is 0.624. The molecule has 0 N–H and O–H groups in total. The van der Waals surface area contributed by atoms with Gasteiger partial charge in [-0.2, -0.15) is 0 Å². The van der Waals surface area contributed by atoms with Crippen LogP contribution in [0.4, 0.5) is 0 Å². The van der Waals surface area contributed by atoms with Crippen LogP contribution in [-0.2, 0) is 0 Å². The zero-order chi connectivity index (χ0) is 11.5. The summed E-state index contributed by atoms with van der Waals surface area (Å²) in [6, 6.07) is 0. The second kappa shape index (κ2) is 5.16. The molecule has 1 nitrogen and oxygen atoms in total. The van der Waals surface area contributed by atoms with E-state index in [0.29, 0.717) is 5.41 Å². The lowest BCUT2D eigenvalue weighted by molar-refractivity contribution is 0.245. The standard InChI is InChI=1S/C14H27N/c1-12(13(2)14(3,4)5)11-15-9-7-6-8-10-15/h6-11H2,1-5H3. The minimum absolute atomic E-state index is 0.333. The maximum absolute atomic E-state index is 2.61. The van der Waals surface area contributed by atoms with Crippen molar-refractivity contribution in [1.29, 1.82) is 0 Å². The molecule has 0 bridgehead atoms. The first kappa shape index (κ1) is 12.8. The third kappa shape index (κ3) is 3.98. The van der Waals surface area contributed by atoms with Crippen LogP contribution in [0.15, 0.2) is 11.1 Å². The lowest BCUT2D eigenvalue weighted by Crippen LogP contribution is -2.31. The Balaban J connectivity index is 2.56. The minimum atomic E-state index is 0.333. The van der Waals surface area contributed by atoms with E-state index in [2.05, 4.69) is 39.5 Å². The first-order chi connectivity index (χ1) is 6.91. The maximum atomic E-state index is 2.61. The van der Waals surface area contributed by atoms with E-state index in [4.69, 9.17) is 0 Å². The second-order valence-electron chi connectivity index (χ2n) is 5.99. The van der Waals surface area contributed by atoms with Crippen molar-refractivity contribution in [3.8, 4) is 0 Å². The summed E-state index contributed by atoms with van der Waals surface area (Å²) in [7, 11) is 0. The molecule has 1 rings (SSSR count). The van der Waals surface area contributed by atoms with Crippen molar-refractivity contribution < 1.29 is 0 Å². The van der Waals surface area contributed by atoms with Gasteiger partial charge >= 0.3 is 0 Å². The molecule has 0 atom stereocenters. The van der Waals surface area contributed by atoms with E-state index in [1.54, 1.807) is 11.1 Å².